The second kappa shape index (κ2) is 8.11. The molecule has 1 fully saturated rings. The van der Waals surface area contributed by atoms with Crippen LogP contribution >= 0.6 is 11.8 Å². The summed E-state index contributed by atoms with van der Waals surface area (Å²) in [5, 5.41) is 9.92. The SMILES string of the molecule is O=C(CN1C(=O)S/C(=C/c2cccc(C(F)(F)F)c2)C1=O)c1ccc([N+](=O)[O-])cc1. The third kappa shape index (κ3) is 4.57. The molecule has 0 N–H and O–H groups in total. The maximum absolute atomic E-state index is 12.8. The van der Waals surface area contributed by atoms with Crippen LogP contribution in [0.25, 0.3) is 6.08 Å². The van der Waals surface area contributed by atoms with Gasteiger partial charge in [-0.3, -0.25) is 29.4 Å². The molecule has 0 spiro atoms. The normalized spacial score (nSPS) is 15.7. The maximum Gasteiger partial charge on any atom is 0.416 e. The van der Waals surface area contributed by atoms with Crippen LogP contribution in [0.2, 0.25) is 0 Å². The van der Waals surface area contributed by atoms with Crippen LogP contribution in [-0.4, -0.2) is 33.3 Å². The fraction of sp³-hybridized carbons (Fsp3) is 0.105. The van der Waals surface area contributed by atoms with Crippen molar-refractivity contribution in [1.82, 2.24) is 4.90 Å². The Bertz CT molecular complexity index is 1080. The Morgan fingerprint density at radius 3 is 2.40 bits per heavy atom. The number of amides is 2. The number of carbonyl (C=O) groups excluding carboxylic acids is 3. The zero-order valence-electron chi connectivity index (χ0n) is 14.9. The number of halogens is 3. The van der Waals surface area contributed by atoms with Crippen molar-refractivity contribution in [3.8, 4) is 0 Å². The molecule has 2 amide bonds. The van der Waals surface area contributed by atoms with Crippen LogP contribution in [0.15, 0.2) is 53.4 Å². The zero-order valence-corrected chi connectivity index (χ0v) is 15.7. The first-order valence-corrected chi connectivity index (χ1v) is 9.08. The van der Waals surface area contributed by atoms with Crippen molar-refractivity contribution in [3.05, 3.63) is 80.2 Å². The third-order valence-electron chi connectivity index (χ3n) is 4.09. The number of rotatable bonds is 5. The molecule has 0 saturated carbocycles. The van der Waals surface area contributed by atoms with Crippen molar-refractivity contribution in [2.24, 2.45) is 0 Å². The molecular formula is C19H11F3N2O5S. The van der Waals surface area contributed by atoms with Crippen molar-refractivity contribution in [2.75, 3.05) is 6.54 Å². The minimum absolute atomic E-state index is 0.0708. The summed E-state index contributed by atoms with van der Waals surface area (Å²) in [5.74, 6) is -1.43. The largest absolute Gasteiger partial charge is 0.416 e. The minimum atomic E-state index is -4.56. The van der Waals surface area contributed by atoms with Gasteiger partial charge < -0.3 is 0 Å². The van der Waals surface area contributed by atoms with Crippen LogP contribution in [0.4, 0.5) is 23.7 Å². The number of ketones is 1. The Hall–Kier alpha value is -3.47. The molecule has 30 heavy (non-hydrogen) atoms. The molecule has 2 aromatic rings. The molecule has 0 atom stereocenters. The van der Waals surface area contributed by atoms with E-state index in [1.54, 1.807) is 0 Å². The second-order valence-electron chi connectivity index (χ2n) is 6.12. The first-order valence-electron chi connectivity index (χ1n) is 8.26. The van der Waals surface area contributed by atoms with Gasteiger partial charge >= 0.3 is 6.18 Å². The van der Waals surface area contributed by atoms with E-state index < -0.39 is 40.1 Å². The summed E-state index contributed by atoms with van der Waals surface area (Å²) in [6, 6.07) is 8.91. The average Bonchev–Trinajstić information content (AvgIpc) is 2.95. The second-order valence-corrected chi connectivity index (χ2v) is 7.11. The lowest BCUT2D eigenvalue weighted by Gasteiger charge is -2.11. The minimum Gasteiger partial charge on any atom is -0.292 e. The average molecular weight is 436 g/mol. The Kier molecular flexibility index (Phi) is 5.74. The number of imide groups is 1. The molecule has 1 heterocycles. The van der Waals surface area contributed by atoms with Gasteiger partial charge in [-0.15, -0.1) is 0 Å². The lowest BCUT2D eigenvalue weighted by atomic mass is 10.1. The van der Waals surface area contributed by atoms with E-state index in [4.69, 9.17) is 0 Å². The van der Waals surface area contributed by atoms with Gasteiger partial charge in [0.1, 0.15) is 0 Å². The smallest absolute Gasteiger partial charge is 0.292 e. The predicted molar refractivity (Wildman–Crippen MR) is 102 cm³/mol. The summed E-state index contributed by atoms with van der Waals surface area (Å²) < 4.78 is 38.5. The first kappa shape index (κ1) is 21.2. The van der Waals surface area contributed by atoms with E-state index in [1.165, 1.54) is 24.3 Å². The molecule has 0 aliphatic carbocycles. The van der Waals surface area contributed by atoms with Crippen molar-refractivity contribution in [2.45, 2.75) is 6.18 Å². The molecule has 11 heteroatoms. The molecule has 0 aromatic heterocycles. The van der Waals surface area contributed by atoms with Gasteiger partial charge in [-0.25, -0.2) is 0 Å². The standard InChI is InChI=1S/C19H11F3N2O5S/c20-19(21,22)13-3-1-2-11(8-13)9-16-17(26)23(18(27)30-16)10-15(25)12-4-6-14(7-5-12)24(28)29/h1-9H,10H2/b16-9+. The van der Waals surface area contributed by atoms with Crippen molar-refractivity contribution >= 4 is 40.5 Å². The number of alkyl halides is 3. The van der Waals surface area contributed by atoms with Crippen LogP contribution < -0.4 is 0 Å². The quantitative estimate of drug-likeness (QED) is 0.296. The summed E-state index contributed by atoms with van der Waals surface area (Å²) >= 11 is 0.509. The highest BCUT2D eigenvalue weighted by Crippen LogP contribution is 2.34. The fourth-order valence-electron chi connectivity index (χ4n) is 2.60. The number of nitro groups is 1. The van der Waals surface area contributed by atoms with E-state index >= 15 is 0 Å². The number of hydrogen-bond acceptors (Lipinski definition) is 6. The Morgan fingerprint density at radius 1 is 1.13 bits per heavy atom. The van der Waals surface area contributed by atoms with E-state index in [0.29, 0.717) is 16.7 Å². The van der Waals surface area contributed by atoms with Gasteiger partial charge in [0.25, 0.3) is 16.8 Å². The van der Waals surface area contributed by atoms with Gasteiger partial charge in [-0.1, -0.05) is 12.1 Å². The molecule has 2 aromatic carbocycles. The number of thioether (sulfide) groups is 1. The molecular weight excluding hydrogens is 425 g/mol. The highest BCUT2D eigenvalue weighted by atomic mass is 32.2. The molecule has 0 radical (unpaired) electrons. The van der Waals surface area contributed by atoms with E-state index in [-0.39, 0.29) is 21.7 Å². The summed E-state index contributed by atoms with van der Waals surface area (Å²) in [7, 11) is 0. The molecule has 1 aliphatic heterocycles. The van der Waals surface area contributed by atoms with Gasteiger partial charge in [-0.2, -0.15) is 13.2 Å². The number of non-ortho nitro benzene ring substituents is 1. The van der Waals surface area contributed by atoms with Crippen molar-refractivity contribution in [3.63, 3.8) is 0 Å². The number of benzene rings is 2. The van der Waals surface area contributed by atoms with E-state index in [9.17, 15) is 37.7 Å². The van der Waals surface area contributed by atoms with Gasteiger partial charge in [0.15, 0.2) is 5.78 Å². The van der Waals surface area contributed by atoms with Crippen LogP contribution in [0.3, 0.4) is 0 Å². The van der Waals surface area contributed by atoms with Crippen LogP contribution in [0.1, 0.15) is 21.5 Å². The Balaban J connectivity index is 1.77. The topological polar surface area (TPSA) is 97.6 Å². The molecule has 0 unspecified atom stereocenters. The molecule has 7 nitrogen and oxygen atoms in total. The summed E-state index contributed by atoms with van der Waals surface area (Å²) in [5.41, 5.74) is -0.968. The van der Waals surface area contributed by atoms with Crippen LogP contribution in [0.5, 0.6) is 0 Å². The number of nitro benzene ring substituents is 1. The summed E-state index contributed by atoms with van der Waals surface area (Å²) in [4.78, 5) is 47.5. The maximum atomic E-state index is 12.8. The Morgan fingerprint density at radius 2 is 1.80 bits per heavy atom. The molecule has 1 aliphatic rings. The van der Waals surface area contributed by atoms with Gasteiger partial charge in [0.05, 0.1) is 21.9 Å². The number of hydrogen-bond donors (Lipinski definition) is 0. The molecule has 3 rings (SSSR count). The van der Waals surface area contributed by atoms with Crippen molar-refractivity contribution in [1.29, 1.82) is 0 Å². The van der Waals surface area contributed by atoms with Crippen molar-refractivity contribution < 1.29 is 32.5 Å². The molecule has 154 valence electrons. The highest BCUT2D eigenvalue weighted by molar-refractivity contribution is 8.18. The number of nitrogens with zero attached hydrogens (tertiary/aromatic N) is 2. The third-order valence-corrected chi connectivity index (χ3v) is 4.99. The zero-order chi connectivity index (χ0) is 22.1. The van der Waals surface area contributed by atoms with Gasteiger partial charge in [0.2, 0.25) is 0 Å². The molecule has 0 bridgehead atoms. The monoisotopic (exact) mass is 436 g/mol. The number of Topliss-reactive ketones (excluding diaryl/α,β-unsaturated/α-hetero) is 1. The van der Waals surface area contributed by atoms with E-state index in [2.05, 4.69) is 0 Å². The number of carbonyl (C=O) groups is 3. The van der Waals surface area contributed by atoms with Crippen LogP contribution in [0, 0.1) is 10.1 Å². The lowest BCUT2D eigenvalue weighted by Crippen LogP contribution is -2.33. The van der Waals surface area contributed by atoms with E-state index in [0.717, 1.165) is 30.3 Å². The van der Waals surface area contributed by atoms with Gasteiger partial charge in [0, 0.05) is 17.7 Å². The Labute approximate surface area is 171 Å². The lowest BCUT2D eigenvalue weighted by molar-refractivity contribution is -0.384. The fourth-order valence-corrected chi connectivity index (χ4v) is 3.43. The van der Waals surface area contributed by atoms with E-state index in [1.807, 2.05) is 0 Å². The first-order chi connectivity index (χ1) is 14.1. The summed E-state index contributed by atoms with van der Waals surface area (Å²) in [6.45, 7) is -0.595. The van der Waals surface area contributed by atoms with Crippen LogP contribution in [-0.2, 0) is 11.0 Å². The highest BCUT2D eigenvalue weighted by Gasteiger charge is 2.36. The summed E-state index contributed by atoms with van der Waals surface area (Å²) in [6.07, 6.45) is -3.41. The molecule has 1 saturated heterocycles. The van der Waals surface area contributed by atoms with Gasteiger partial charge in [-0.05, 0) is 47.7 Å². The predicted octanol–water partition coefficient (Wildman–Crippen LogP) is 4.53.